The van der Waals surface area contributed by atoms with Crippen molar-refractivity contribution < 1.29 is 19.8 Å². The van der Waals surface area contributed by atoms with E-state index in [-0.39, 0.29) is 5.92 Å². The van der Waals surface area contributed by atoms with Gasteiger partial charge in [0.1, 0.15) is 6.04 Å². The standard InChI is InChI=1S/C8H15NO2.C6H13NO2/c9-5-6-1-3-7(4-2-6)8(10)11;1-2-3-4-5(7)6(8)9/h6-7H,1-5,9H2,(H,10,11);5H,2-4,7H2,1H3,(H,8,9). The Bertz CT molecular complexity index is 289. The largest absolute Gasteiger partial charge is 0.481 e. The normalized spacial score (nSPS) is 23.4. The molecule has 0 spiro atoms. The molecule has 0 aromatic carbocycles. The zero-order valence-corrected chi connectivity index (χ0v) is 12.3. The third kappa shape index (κ3) is 8.12. The fraction of sp³-hybridized carbons (Fsp3) is 0.857. The SMILES string of the molecule is CCCCC(N)C(=O)O.NCC1CCC(C(=O)O)CC1. The zero-order valence-electron chi connectivity index (χ0n) is 12.3. The van der Waals surface area contributed by atoms with Crippen LogP contribution in [0.25, 0.3) is 0 Å². The predicted molar refractivity (Wildman–Crippen MR) is 77.3 cm³/mol. The molecule has 1 fully saturated rings. The second kappa shape index (κ2) is 10.6. The third-order valence-electron chi connectivity index (χ3n) is 3.72. The van der Waals surface area contributed by atoms with Crippen LogP contribution in [0.2, 0.25) is 0 Å². The number of hydrogen-bond acceptors (Lipinski definition) is 4. The molecule has 6 N–H and O–H groups in total. The Labute approximate surface area is 120 Å². The predicted octanol–water partition coefficient (Wildman–Crippen LogP) is 1.42. The maximum atomic E-state index is 10.5. The van der Waals surface area contributed by atoms with Gasteiger partial charge in [-0.25, -0.2) is 0 Å². The van der Waals surface area contributed by atoms with E-state index in [0.29, 0.717) is 18.9 Å². The molecule has 6 heteroatoms. The average Bonchev–Trinajstić information content (AvgIpc) is 2.45. The van der Waals surface area contributed by atoms with Crippen LogP contribution in [0.3, 0.4) is 0 Å². The molecular weight excluding hydrogens is 260 g/mol. The number of unbranched alkanes of at least 4 members (excludes halogenated alkanes) is 1. The van der Waals surface area contributed by atoms with Gasteiger partial charge in [0.2, 0.25) is 0 Å². The molecular formula is C14H28N2O4. The molecule has 0 saturated heterocycles. The molecule has 0 aliphatic heterocycles. The van der Waals surface area contributed by atoms with Gasteiger partial charge in [0.15, 0.2) is 0 Å². The Morgan fingerprint density at radius 2 is 1.75 bits per heavy atom. The minimum absolute atomic E-state index is 0.0993. The summed E-state index contributed by atoms with van der Waals surface area (Å²) in [6.07, 6.45) is 6.11. The van der Waals surface area contributed by atoms with Gasteiger partial charge < -0.3 is 21.7 Å². The fourth-order valence-electron chi connectivity index (χ4n) is 2.19. The van der Waals surface area contributed by atoms with Gasteiger partial charge in [-0.1, -0.05) is 19.8 Å². The average molecular weight is 288 g/mol. The van der Waals surface area contributed by atoms with Gasteiger partial charge in [-0.3, -0.25) is 9.59 Å². The second-order valence-corrected chi connectivity index (χ2v) is 5.38. The van der Waals surface area contributed by atoms with Gasteiger partial charge in [0, 0.05) is 0 Å². The first-order chi connectivity index (χ1) is 9.42. The third-order valence-corrected chi connectivity index (χ3v) is 3.72. The van der Waals surface area contributed by atoms with Crippen LogP contribution < -0.4 is 11.5 Å². The molecule has 1 rings (SSSR count). The number of carbonyl (C=O) groups is 2. The lowest BCUT2D eigenvalue weighted by Gasteiger charge is -2.24. The Hall–Kier alpha value is -1.14. The highest BCUT2D eigenvalue weighted by Crippen LogP contribution is 2.27. The molecule has 1 saturated carbocycles. The number of hydrogen-bond donors (Lipinski definition) is 4. The lowest BCUT2D eigenvalue weighted by atomic mass is 9.82. The fourth-order valence-corrected chi connectivity index (χ4v) is 2.19. The van der Waals surface area contributed by atoms with E-state index in [9.17, 15) is 9.59 Å². The lowest BCUT2D eigenvalue weighted by molar-refractivity contribution is -0.143. The number of carboxylic acids is 2. The molecule has 0 aromatic rings. The summed E-state index contributed by atoms with van der Waals surface area (Å²) in [5.74, 6) is -1.06. The van der Waals surface area contributed by atoms with E-state index < -0.39 is 18.0 Å². The summed E-state index contributed by atoms with van der Waals surface area (Å²) < 4.78 is 0. The van der Waals surface area contributed by atoms with Gasteiger partial charge in [-0.15, -0.1) is 0 Å². The molecule has 1 aliphatic rings. The van der Waals surface area contributed by atoms with Crippen LogP contribution in [-0.4, -0.2) is 34.7 Å². The summed E-state index contributed by atoms with van der Waals surface area (Å²) >= 11 is 0. The van der Waals surface area contributed by atoms with E-state index in [2.05, 4.69) is 0 Å². The first-order valence-corrected chi connectivity index (χ1v) is 7.33. The smallest absolute Gasteiger partial charge is 0.320 e. The second-order valence-electron chi connectivity index (χ2n) is 5.38. The van der Waals surface area contributed by atoms with Crippen LogP contribution >= 0.6 is 0 Å². The van der Waals surface area contributed by atoms with E-state index in [1.54, 1.807) is 0 Å². The summed E-state index contributed by atoms with van der Waals surface area (Å²) in [5.41, 5.74) is 10.7. The van der Waals surface area contributed by atoms with Crippen LogP contribution in [0, 0.1) is 11.8 Å². The summed E-state index contributed by atoms with van der Waals surface area (Å²) in [7, 11) is 0. The summed E-state index contributed by atoms with van der Waals surface area (Å²) in [6, 6.07) is -0.662. The highest BCUT2D eigenvalue weighted by molar-refractivity contribution is 5.72. The molecule has 1 aliphatic carbocycles. The minimum atomic E-state index is -0.900. The van der Waals surface area contributed by atoms with Gasteiger partial charge in [-0.2, -0.15) is 0 Å². The Morgan fingerprint density at radius 1 is 1.20 bits per heavy atom. The van der Waals surface area contributed by atoms with Crippen molar-refractivity contribution in [1.29, 1.82) is 0 Å². The monoisotopic (exact) mass is 288 g/mol. The van der Waals surface area contributed by atoms with E-state index in [1.165, 1.54) is 0 Å². The van der Waals surface area contributed by atoms with Crippen LogP contribution in [0.4, 0.5) is 0 Å². The van der Waals surface area contributed by atoms with Crippen molar-refractivity contribution in [3.8, 4) is 0 Å². The maximum absolute atomic E-state index is 10.5. The van der Waals surface area contributed by atoms with E-state index in [0.717, 1.165) is 38.5 Å². The van der Waals surface area contributed by atoms with E-state index in [1.807, 2.05) is 6.92 Å². The highest BCUT2D eigenvalue weighted by atomic mass is 16.4. The Balaban J connectivity index is 0.000000370. The van der Waals surface area contributed by atoms with Crippen LogP contribution in [0.1, 0.15) is 51.9 Å². The number of rotatable bonds is 6. The molecule has 0 amide bonds. The molecule has 118 valence electrons. The van der Waals surface area contributed by atoms with Crippen LogP contribution in [0.5, 0.6) is 0 Å². The zero-order chi connectivity index (χ0) is 15.5. The molecule has 0 bridgehead atoms. The van der Waals surface area contributed by atoms with Crippen LogP contribution in [-0.2, 0) is 9.59 Å². The molecule has 0 heterocycles. The molecule has 1 unspecified atom stereocenters. The van der Waals surface area contributed by atoms with Gasteiger partial charge in [-0.05, 0) is 44.6 Å². The van der Waals surface area contributed by atoms with Crippen LogP contribution in [0.15, 0.2) is 0 Å². The van der Waals surface area contributed by atoms with Crippen molar-refractivity contribution in [2.24, 2.45) is 23.3 Å². The summed E-state index contributed by atoms with van der Waals surface area (Å²) in [6.45, 7) is 2.72. The minimum Gasteiger partial charge on any atom is -0.481 e. The van der Waals surface area contributed by atoms with E-state index >= 15 is 0 Å². The first-order valence-electron chi connectivity index (χ1n) is 7.33. The molecule has 20 heavy (non-hydrogen) atoms. The Morgan fingerprint density at radius 3 is 2.10 bits per heavy atom. The molecule has 6 nitrogen and oxygen atoms in total. The summed E-state index contributed by atoms with van der Waals surface area (Å²) in [5, 5.41) is 16.9. The topological polar surface area (TPSA) is 127 Å². The van der Waals surface area contributed by atoms with Crippen molar-refractivity contribution in [3.63, 3.8) is 0 Å². The number of aliphatic carboxylic acids is 2. The highest BCUT2D eigenvalue weighted by Gasteiger charge is 2.24. The van der Waals surface area contributed by atoms with Gasteiger partial charge in [0.05, 0.1) is 5.92 Å². The first kappa shape index (κ1) is 18.9. The maximum Gasteiger partial charge on any atom is 0.320 e. The number of carboxylic acid groups (broad SMARTS) is 2. The molecule has 0 radical (unpaired) electrons. The van der Waals surface area contributed by atoms with Crippen molar-refractivity contribution >= 4 is 11.9 Å². The Kier molecular flexibility index (Phi) is 10.0. The van der Waals surface area contributed by atoms with E-state index in [4.69, 9.17) is 21.7 Å². The lowest BCUT2D eigenvalue weighted by Crippen LogP contribution is -2.29. The van der Waals surface area contributed by atoms with Gasteiger partial charge >= 0.3 is 11.9 Å². The van der Waals surface area contributed by atoms with Crippen molar-refractivity contribution in [2.75, 3.05) is 6.54 Å². The number of nitrogens with two attached hydrogens (primary N) is 2. The quantitative estimate of drug-likeness (QED) is 0.585. The van der Waals surface area contributed by atoms with Gasteiger partial charge in [0.25, 0.3) is 0 Å². The summed E-state index contributed by atoms with van der Waals surface area (Å²) in [4.78, 5) is 20.6. The van der Waals surface area contributed by atoms with Crippen molar-refractivity contribution in [2.45, 2.75) is 57.9 Å². The molecule has 1 atom stereocenters. The van der Waals surface area contributed by atoms with Crippen molar-refractivity contribution in [3.05, 3.63) is 0 Å². The van der Waals surface area contributed by atoms with Crippen molar-refractivity contribution in [1.82, 2.24) is 0 Å². The molecule has 0 aromatic heterocycles.